The average molecular weight is 280 g/mol. The molecule has 1 aromatic carbocycles. The minimum absolute atomic E-state index is 0.0734. The molecular weight excluding hydrogens is 264 g/mol. The van der Waals surface area contributed by atoms with Crippen LogP contribution in [0.15, 0.2) is 53.5 Å². The Hall–Kier alpha value is -2.82. The molecule has 0 aliphatic carbocycles. The summed E-state index contributed by atoms with van der Waals surface area (Å²) in [5.41, 5.74) is 9.41. The van der Waals surface area contributed by atoms with Gasteiger partial charge in [0.15, 0.2) is 0 Å². The predicted molar refractivity (Wildman–Crippen MR) is 83.7 cm³/mol. The molecular formula is C16H16N4O. The van der Waals surface area contributed by atoms with E-state index in [1.54, 1.807) is 31.0 Å². The zero-order valence-electron chi connectivity index (χ0n) is 11.9. The highest BCUT2D eigenvalue weighted by molar-refractivity contribution is 5.87. The highest BCUT2D eigenvalue weighted by Gasteiger charge is 2.17. The number of aryl methyl sites for hydroxylation is 2. The Labute approximate surface area is 122 Å². The van der Waals surface area contributed by atoms with Crippen LogP contribution in [0.4, 0.5) is 5.82 Å². The molecule has 5 nitrogen and oxygen atoms in total. The second-order valence-corrected chi connectivity index (χ2v) is 4.96. The van der Waals surface area contributed by atoms with Gasteiger partial charge < -0.3 is 10.3 Å². The van der Waals surface area contributed by atoms with Crippen molar-refractivity contribution in [2.45, 2.75) is 0 Å². The van der Waals surface area contributed by atoms with E-state index in [4.69, 9.17) is 5.73 Å². The lowest BCUT2D eigenvalue weighted by Gasteiger charge is -2.05. The van der Waals surface area contributed by atoms with E-state index in [1.807, 2.05) is 36.4 Å². The molecule has 0 fully saturated rings. The van der Waals surface area contributed by atoms with E-state index in [1.165, 1.54) is 4.57 Å². The summed E-state index contributed by atoms with van der Waals surface area (Å²) in [7, 11) is 3.52. The van der Waals surface area contributed by atoms with Gasteiger partial charge in [0, 0.05) is 31.9 Å². The third-order valence-electron chi connectivity index (χ3n) is 3.53. The number of nitrogen functional groups attached to an aromatic ring is 1. The van der Waals surface area contributed by atoms with Crippen LogP contribution >= 0.6 is 0 Å². The lowest BCUT2D eigenvalue weighted by atomic mass is 10.0. The molecule has 5 heteroatoms. The fourth-order valence-corrected chi connectivity index (χ4v) is 2.32. The molecule has 0 saturated carbocycles. The minimum atomic E-state index is -0.0734. The smallest absolute Gasteiger partial charge is 0.250 e. The van der Waals surface area contributed by atoms with Crippen LogP contribution in [0.3, 0.4) is 0 Å². The van der Waals surface area contributed by atoms with Crippen molar-refractivity contribution >= 4 is 5.82 Å². The number of nitrogens with zero attached hydrogens (tertiary/aromatic N) is 3. The number of rotatable bonds is 2. The van der Waals surface area contributed by atoms with Crippen molar-refractivity contribution in [3.05, 3.63) is 59.0 Å². The molecule has 2 aromatic heterocycles. The number of benzene rings is 1. The summed E-state index contributed by atoms with van der Waals surface area (Å²) >= 11 is 0. The third kappa shape index (κ3) is 2.23. The van der Waals surface area contributed by atoms with Crippen molar-refractivity contribution in [3.8, 4) is 22.4 Å². The zero-order chi connectivity index (χ0) is 15.0. The molecule has 21 heavy (non-hydrogen) atoms. The van der Waals surface area contributed by atoms with Crippen LogP contribution in [0.5, 0.6) is 0 Å². The average Bonchev–Trinajstić information content (AvgIpc) is 2.79. The molecule has 0 atom stereocenters. The van der Waals surface area contributed by atoms with Gasteiger partial charge in [0.25, 0.3) is 5.56 Å². The summed E-state index contributed by atoms with van der Waals surface area (Å²) < 4.78 is 3.16. The monoisotopic (exact) mass is 280 g/mol. The Balaban J connectivity index is 2.26. The highest BCUT2D eigenvalue weighted by Crippen LogP contribution is 2.35. The van der Waals surface area contributed by atoms with E-state index in [0.717, 1.165) is 22.4 Å². The van der Waals surface area contributed by atoms with Gasteiger partial charge in [-0.2, -0.15) is 5.10 Å². The molecule has 3 rings (SSSR count). The summed E-state index contributed by atoms with van der Waals surface area (Å²) in [6.07, 6.45) is 1.73. The highest BCUT2D eigenvalue weighted by atomic mass is 16.1. The lowest BCUT2D eigenvalue weighted by molar-refractivity contribution is 0.781. The standard InChI is InChI=1S/C16H16N4O/c1-19-9-8-12(10-13(19)21)15-14(16(17)20(2)18-15)11-6-4-3-5-7-11/h3-10H,17H2,1-2H3. The van der Waals surface area contributed by atoms with E-state index in [-0.39, 0.29) is 5.56 Å². The summed E-state index contributed by atoms with van der Waals surface area (Å²) in [6, 6.07) is 13.3. The van der Waals surface area contributed by atoms with E-state index in [2.05, 4.69) is 5.10 Å². The predicted octanol–water partition coefficient (Wildman–Crippen LogP) is 2.04. The topological polar surface area (TPSA) is 65.8 Å². The molecule has 0 saturated heterocycles. The lowest BCUT2D eigenvalue weighted by Crippen LogP contribution is -2.14. The number of aromatic nitrogens is 3. The molecule has 2 N–H and O–H groups in total. The maximum Gasteiger partial charge on any atom is 0.250 e. The van der Waals surface area contributed by atoms with Crippen molar-refractivity contribution in [2.24, 2.45) is 14.1 Å². The van der Waals surface area contributed by atoms with E-state index in [0.29, 0.717) is 5.82 Å². The molecule has 0 unspecified atom stereocenters. The Morgan fingerprint density at radius 1 is 1.05 bits per heavy atom. The molecule has 0 aliphatic heterocycles. The first-order valence-corrected chi connectivity index (χ1v) is 6.63. The first-order valence-electron chi connectivity index (χ1n) is 6.63. The van der Waals surface area contributed by atoms with Gasteiger partial charge in [-0.1, -0.05) is 30.3 Å². The van der Waals surface area contributed by atoms with Crippen LogP contribution in [-0.4, -0.2) is 14.3 Å². The number of nitrogens with two attached hydrogens (primary N) is 1. The van der Waals surface area contributed by atoms with Gasteiger partial charge in [-0.3, -0.25) is 9.48 Å². The van der Waals surface area contributed by atoms with Crippen LogP contribution in [0, 0.1) is 0 Å². The van der Waals surface area contributed by atoms with Gasteiger partial charge >= 0.3 is 0 Å². The van der Waals surface area contributed by atoms with Crippen molar-refractivity contribution in [3.63, 3.8) is 0 Å². The van der Waals surface area contributed by atoms with Gasteiger partial charge in [0.2, 0.25) is 0 Å². The second-order valence-electron chi connectivity index (χ2n) is 4.96. The molecule has 2 heterocycles. The molecule has 0 spiro atoms. The molecule has 0 aliphatic rings. The zero-order valence-corrected chi connectivity index (χ0v) is 11.9. The van der Waals surface area contributed by atoms with Crippen LogP contribution in [0.2, 0.25) is 0 Å². The van der Waals surface area contributed by atoms with Crippen molar-refractivity contribution in [2.75, 3.05) is 5.73 Å². The number of pyridine rings is 1. The van der Waals surface area contributed by atoms with Crippen molar-refractivity contribution in [1.82, 2.24) is 14.3 Å². The Kier molecular flexibility index (Phi) is 3.10. The van der Waals surface area contributed by atoms with E-state index >= 15 is 0 Å². The Bertz CT molecular complexity index is 846. The summed E-state index contributed by atoms with van der Waals surface area (Å²) in [4.78, 5) is 11.8. The molecule has 3 aromatic rings. The number of hydrogen-bond acceptors (Lipinski definition) is 3. The first kappa shape index (κ1) is 13.2. The van der Waals surface area contributed by atoms with Gasteiger partial charge in [-0.05, 0) is 11.6 Å². The number of hydrogen-bond donors (Lipinski definition) is 1. The van der Waals surface area contributed by atoms with Crippen LogP contribution < -0.4 is 11.3 Å². The Morgan fingerprint density at radius 3 is 2.43 bits per heavy atom. The van der Waals surface area contributed by atoms with Crippen LogP contribution in [0.25, 0.3) is 22.4 Å². The largest absolute Gasteiger partial charge is 0.383 e. The molecule has 0 amide bonds. The normalized spacial score (nSPS) is 10.8. The van der Waals surface area contributed by atoms with Gasteiger partial charge in [-0.25, -0.2) is 0 Å². The molecule has 106 valence electrons. The maximum atomic E-state index is 11.8. The summed E-state index contributed by atoms with van der Waals surface area (Å²) in [5.74, 6) is 0.580. The first-order chi connectivity index (χ1) is 10.1. The van der Waals surface area contributed by atoms with Crippen molar-refractivity contribution < 1.29 is 0 Å². The SMILES string of the molecule is Cn1nc(-c2ccn(C)c(=O)c2)c(-c2ccccc2)c1N. The fraction of sp³-hybridized carbons (Fsp3) is 0.125. The van der Waals surface area contributed by atoms with Crippen LogP contribution in [-0.2, 0) is 14.1 Å². The second kappa shape index (κ2) is 4.94. The minimum Gasteiger partial charge on any atom is -0.383 e. The molecule has 0 bridgehead atoms. The number of anilines is 1. The summed E-state index contributed by atoms with van der Waals surface area (Å²) in [5, 5.41) is 4.47. The van der Waals surface area contributed by atoms with Gasteiger partial charge in [0.1, 0.15) is 11.5 Å². The van der Waals surface area contributed by atoms with Crippen molar-refractivity contribution in [1.29, 1.82) is 0 Å². The third-order valence-corrected chi connectivity index (χ3v) is 3.53. The quantitative estimate of drug-likeness (QED) is 0.781. The summed E-state index contributed by atoms with van der Waals surface area (Å²) in [6.45, 7) is 0. The van der Waals surface area contributed by atoms with E-state index < -0.39 is 0 Å². The Morgan fingerprint density at radius 2 is 1.76 bits per heavy atom. The maximum absolute atomic E-state index is 11.8. The van der Waals surface area contributed by atoms with Crippen LogP contribution in [0.1, 0.15) is 0 Å². The fourth-order valence-electron chi connectivity index (χ4n) is 2.32. The molecule has 0 radical (unpaired) electrons. The van der Waals surface area contributed by atoms with E-state index in [9.17, 15) is 4.79 Å². The van der Waals surface area contributed by atoms with Gasteiger partial charge in [0.05, 0.1) is 5.56 Å². The van der Waals surface area contributed by atoms with Gasteiger partial charge in [-0.15, -0.1) is 0 Å².